The zero-order valence-corrected chi connectivity index (χ0v) is 9.04. The van der Waals surface area contributed by atoms with Gasteiger partial charge in [0, 0.05) is 19.6 Å². The first kappa shape index (κ1) is 11.7. The van der Waals surface area contributed by atoms with Gasteiger partial charge in [0.1, 0.15) is 5.78 Å². The van der Waals surface area contributed by atoms with E-state index in [1.54, 1.807) is 6.92 Å². The van der Waals surface area contributed by atoms with Crippen molar-refractivity contribution in [3.05, 3.63) is 0 Å². The molecule has 0 bridgehead atoms. The van der Waals surface area contributed by atoms with E-state index >= 15 is 0 Å². The highest BCUT2D eigenvalue weighted by Gasteiger charge is 2.18. The van der Waals surface area contributed by atoms with Crippen molar-refractivity contribution in [3.8, 4) is 0 Å². The fourth-order valence-corrected chi connectivity index (χ4v) is 2.06. The topological polar surface area (TPSA) is 40.5 Å². The molecule has 1 atom stereocenters. The van der Waals surface area contributed by atoms with Gasteiger partial charge in [-0.05, 0) is 45.2 Å². The molecule has 0 amide bonds. The van der Waals surface area contributed by atoms with E-state index in [1.807, 2.05) is 0 Å². The Morgan fingerprint density at radius 3 is 3.00 bits per heavy atom. The number of carbonyl (C=O) groups is 1. The first-order valence-electron chi connectivity index (χ1n) is 5.55. The average molecular weight is 199 g/mol. The monoisotopic (exact) mass is 199 g/mol. The summed E-state index contributed by atoms with van der Waals surface area (Å²) < 4.78 is 0. The summed E-state index contributed by atoms with van der Waals surface area (Å²) in [5.74, 6) is 0.738. The predicted octanol–water partition coefficient (Wildman–Crippen LogP) is 1.06. The standard InChI is InChI=1S/C11H21NO2/c1-10(14)4-2-6-12-7-3-5-11(8-12)9-13/h11,13H,2-9H2,1H3. The van der Waals surface area contributed by atoms with E-state index in [2.05, 4.69) is 4.90 Å². The highest BCUT2D eigenvalue weighted by molar-refractivity contribution is 5.75. The van der Waals surface area contributed by atoms with Crippen LogP contribution >= 0.6 is 0 Å². The van der Waals surface area contributed by atoms with Gasteiger partial charge in [-0.1, -0.05) is 0 Å². The summed E-state index contributed by atoms with van der Waals surface area (Å²) in [5.41, 5.74) is 0. The molecule has 1 aliphatic heterocycles. The molecule has 0 aromatic heterocycles. The van der Waals surface area contributed by atoms with Crippen LogP contribution in [0.4, 0.5) is 0 Å². The minimum absolute atomic E-state index is 0.278. The van der Waals surface area contributed by atoms with Crippen LogP contribution in [0.15, 0.2) is 0 Å². The van der Waals surface area contributed by atoms with Crippen LogP contribution in [0, 0.1) is 5.92 Å². The molecular formula is C11H21NO2. The number of aliphatic hydroxyl groups is 1. The minimum atomic E-state index is 0.278. The molecule has 0 spiro atoms. The molecule has 0 aliphatic carbocycles. The molecule has 1 fully saturated rings. The number of Topliss-reactive ketones (excluding diaryl/α,β-unsaturated/α-hetero) is 1. The normalized spacial score (nSPS) is 23.7. The Hall–Kier alpha value is -0.410. The lowest BCUT2D eigenvalue weighted by atomic mass is 9.99. The molecule has 3 heteroatoms. The van der Waals surface area contributed by atoms with E-state index in [9.17, 15) is 4.79 Å². The Morgan fingerprint density at radius 1 is 1.57 bits per heavy atom. The van der Waals surface area contributed by atoms with E-state index in [-0.39, 0.29) is 5.78 Å². The summed E-state index contributed by atoms with van der Waals surface area (Å²) in [7, 11) is 0. The van der Waals surface area contributed by atoms with Gasteiger partial charge in [0.25, 0.3) is 0 Å². The van der Waals surface area contributed by atoms with Crippen molar-refractivity contribution in [2.45, 2.75) is 32.6 Å². The van der Waals surface area contributed by atoms with Crippen LogP contribution in [0.3, 0.4) is 0 Å². The van der Waals surface area contributed by atoms with Crippen molar-refractivity contribution < 1.29 is 9.90 Å². The molecule has 0 aromatic carbocycles. The number of ketones is 1. The molecular weight excluding hydrogens is 178 g/mol. The number of hydrogen-bond acceptors (Lipinski definition) is 3. The highest BCUT2D eigenvalue weighted by atomic mass is 16.3. The summed E-state index contributed by atoms with van der Waals surface area (Å²) >= 11 is 0. The molecule has 1 unspecified atom stereocenters. The summed E-state index contributed by atoms with van der Waals surface area (Å²) in [6, 6.07) is 0. The average Bonchev–Trinajstić information content (AvgIpc) is 2.18. The van der Waals surface area contributed by atoms with Gasteiger partial charge in [-0.15, -0.1) is 0 Å². The van der Waals surface area contributed by atoms with Crippen LogP contribution in [0.5, 0.6) is 0 Å². The van der Waals surface area contributed by atoms with Crippen LogP contribution in [-0.4, -0.2) is 42.0 Å². The zero-order valence-electron chi connectivity index (χ0n) is 9.04. The number of carbonyl (C=O) groups excluding carboxylic acids is 1. The smallest absolute Gasteiger partial charge is 0.129 e. The number of likely N-dealkylation sites (tertiary alicyclic amines) is 1. The van der Waals surface area contributed by atoms with E-state index in [0.29, 0.717) is 18.9 Å². The summed E-state index contributed by atoms with van der Waals surface area (Å²) in [6.07, 6.45) is 4.00. The van der Waals surface area contributed by atoms with Gasteiger partial charge in [0.15, 0.2) is 0 Å². The van der Waals surface area contributed by atoms with Gasteiger partial charge in [0.2, 0.25) is 0 Å². The molecule has 14 heavy (non-hydrogen) atoms. The van der Waals surface area contributed by atoms with E-state index in [0.717, 1.165) is 32.5 Å². The SMILES string of the molecule is CC(=O)CCCN1CCCC(CO)C1. The van der Waals surface area contributed by atoms with Gasteiger partial charge in [-0.2, -0.15) is 0 Å². The van der Waals surface area contributed by atoms with Crippen molar-refractivity contribution in [3.63, 3.8) is 0 Å². The van der Waals surface area contributed by atoms with Crippen LogP contribution in [0.1, 0.15) is 32.6 Å². The zero-order chi connectivity index (χ0) is 10.4. The van der Waals surface area contributed by atoms with Gasteiger partial charge >= 0.3 is 0 Å². The van der Waals surface area contributed by atoms with E-state index in [4.69, 9.17) is 5.11 Å². The van der Waals surface area contributed by atoms with Crippen LogP contribution in [0.25, 0.3) is 0 Å². The van der Waals surface area contributed by atoms with Crippen LogP contribution in [-0.2, 0) is 4.79 Å². The number of piperidine rings is 1. The third-order valence-corrected chi connectivity index (χ3v) is 2.86. The molecule has 1 saturated heterocycles. The lowest BCUT2D eigenvalue weighted by Gasteiger charge is -2.31. The maximum atomic E-state index is 10.7. The second-order valence-corrected chi connectivity index (χ2v) is 4.30. The third-order valence-electron chi connectivity index (χ3n) is 2.86. The molecule has 1 aliphatic rings. The van der Waals surface area contributed by atoms with Crippen molar-refractivity contribution in [1.82, 2.24) is 4.90 Å². The fourth-order valence-electron chi connectivity index (χ4n) is 2.06. The quantitative estimate of drug-likeness (QED) is 0.719. The summed E-state index contributed by atoms with van der Waals surface area (Å²) in [4.78, 5) is 13.1. The maximum absolute atomic E-state index is 10.7. The lowest BCUT2D eigenvalue weighted by molar-refractivity contribution is -0.117. The molecule has 1 heterocycles. The number of rotatable bonds is 5. The molecule has 1 rings (SSSR count). The molecule has 3 nitrogen and oxygen atoms in total. The van der Waals surface area contributed by atoms with E-state index < -0.39 is 0 Å². The Kier molecular flexibility index (Phi) is 5.12. The number of hydrogen-bond donors (Lipinski definition) is 1. The number of aliphatic hydroxyl groups excluding tert-OH is 1. The van der Waals surface area contributed by atoms with Gasteiger partial charge in [0.05, 0.1) is 0 Å². The number of nitrogens with zero attached hydrogens (tertiary/aromatic N) is 1. The van der Waals surface area contributed by atoms with Crippen LogP contribution < -0.4 is 0 Å². The summed E-state index contributed by atoms with van der Waals surface area (Å²) in [6.45, 7) is 5.11. The molecule has 0 aromatic rings. The van der Waals surface area contributed by atoms with Crippen LogP contribution in [0.2, 0.25) is 0 Å². The molecule has 0 radical (unpaired) electrons. The Labute approximate surface area is 86.1 Å². The van der Waals surface area contributed by atoms with Gasteiger partial charge in [-0.3, -0.25) is 0 Å². The first-order chi connectivity index (χ1) is 6.72. The Morgan fingerprint density at radius 2 is 2.36 bits per heavy atom. The summed E-state index contributed by atoms with van der Waals surface area (Å²) in [5, 5.41) is 9.04. The predicted molar refractivity (Wildman–Crippen MR) is 56.2 cm³/mol. The third kappa shape index (κ3) is 4.20. The largest absolute Gasteiger partial charge is 0.396 e. The van der Waals surface area contributed by atoms with Gasteiger partial charge in [-0.25, -0.2) is 0 Å². The van der Waals surface area contributed by atoms with Crippen molar-refractivity contribution in [2.75, 3.05) is 26.2 Å². The van der Waals surface area contributed by atoms with E-state index in [1.165, 1.54) is 6.42 Å². The molecule has 82 valence electrons. The molecule has 1 N–H and O–H groups in total. The van der Waals surface area contributed by atoms with Crippen molar-refractivity contribution >= 4 is 5.78 Å². The Balaban J connectivity index is 2.14. The highest BCUT2D eigenvalue weighted by Crippen LogP contribution is 2.15. The minimum Gasteiger partial charge on any atom is -0.396 e. The molecule has 0 saturated carbocycles. The second-order valence-electron chi connectivity index (χ2n) is 4.30. The van der Waals surface area contributed by atoms with Crippen molar-refractivity contribution in [1.29, 1.82) is 0 Å². The maximum Gasteiger partial charge on any atom is 0.129 e. The Bertz CT molecular complexity index is 182. The first-order valence-corrected chi connectivity index (χ1v) is 5.55. The van der Waals surface area contributed by atoms with Gasteiger partial charge < -0.3 is 14.8 Å². The fraction of sp³-hybridized carbons (Fsp3) is 0.909. The lowest BCUT2D eigenvalue weighted by Crippen LogP contribution is -2.37. The second kappa shape index (κ2) is 6.14. The van der Waals surface area contributed by atoms with Crippen molar-refractivity contribution in [2.24, 2.45) is 5.92 Å².